The fraction of sp³-hybridized carbons (Fsp3) is 0.185. The van der Waals surface area contributed by atoms with Gasteiger partial charge in [0.2, 0.25) is 0 Å². The molecule has 32 heavy (non-hydrogen) atoms. The van der Waals surface area contributed by atoms with Gasteiger partial charge in [-0.05, 0) is 66.8 Å². The Hall–Kier alpha value is -3.73. The Kier molecular flexibility index (Phi) is 5.66. The second-order valence-corrected chi connectivity index (χ2v) is 8.40. The summed E-state index contributed by atoms with van der Waals surface area (Å²) in [6.45, 7) is 8.10. The molecular weight excluding hydrogens is 403 g/mol. The van der Waals surface area contributed by atoms with Crippen molar-refractivity contribution in [3.8, 4) is 0 Å². The summed E-state index contributed by atoms with van der Waals surface area (Å²) >= 11 is 0. The number of carbonyl (C=O) groups excluding carboxylic acids is 2. The third kappa shape index (κ3) is 3.94. The van der Waals surface area contributed by atoms with Crippen LogP contribution in [0.15, 0.2) is 72.4 Å². The summed E-state index contributed by atoms with van der Waals surface area (Å²) in [5, 5.41) is 3.17. The topological polar surface area (TPSA) is 49.4 Å². The molecule has 0 bridgehead atoms. The molecule has 0 saturated carbocycles. The van der Waals surface area contributed by atoms with E-state index in [1.54, 1.807) is 6.07 Å². The van der Waals surface area contributed by atoms with Crippen molar-refractivity contribution in [2.45, 2.75) is 33.6 Å². The smallest absolute Gasteiger partial charge is 0.282 e. The molecule has 4 rings (SSSR count). The Labute approximate surface area is 187 Å². The summed E-state index contributed by atoms with van der Waals surface area (Å²) in [6.07, 6.45) is 0. The Morgan fingerprint density at radius 3 is 2.22 bits per heavy atom. The van der Waals surface area contributed by atoms with Crippen LogP contribution in [0.1, 0.15) is 42.0 Å². The summed E-state index contributed by atoms with van der Waals surface area (Å²) in [4.78, 5) is 28.0. The number of rotatable bonds is 5. The van der Waals surface area contributed by atoms with Crippen molar-refractivity contribution in [1.29, 1.82) is 0 Å². The van der Waals surface area contributed by atoms with Crippen LogP contribution in [0.25, 0.3) is 5.57 Å². The van der Waals surface area contributed by atoms with Gasteiger partial charge < -0.3 is 5.32 Å². The fourth-order valence-corrected chi connectivity index (χ4v) is 3.94. The van der Waals surface area contributed by atoms with Crippen molar-refractivity contribution in [2.24, 2.45) is 0 Å². The van der Waals surface area contributed by atoms with Crippen molar-refractivity contribution in [3.05, 3.63) is 100 Å². The van der Waals surface area contributed by atoms with E-state index < -0.39 is 17.6 Å². The summed E-state index contributed by atoms with van der Waals surface area (Å²) in [5.41, 5.74) is 5.17. The van der Waals surface area contributed by atoms with Gasteiger partial charge in [-0.2, -0.15) is 0 Å². The number of hydrogen-bond donors (Lipinski definition) is 1. The summed E-state index contributed by atoms with van der Waals surface area (Å²) in [5.74, 6) is -1.12. The normalized spacial score (nSPS) is 14.0. The lowest BCUT2D eigenvalue weighted by atomic mass is 9.97. The molecule has 0 aliphatic carbocycles. The fourth-order valence-electron chi connectivity index (χ4n) is 3.94. The van der Waals surface area contributed by atoms with Gasteiger partial charge >= 0.3 is 0 Å². The summed E-state index contributed by atoms with van der Waals surface area (Å²) in [6, 6.07) is 19.0. The average Bonchev–Trinajstić information content (AvgIpc) is 2.98. The molecule has 0 radical (unpaired) electrons. The Morgan fingerprint density at radius 2 is 1.59 bits per heavy atom. The molecule has 3 aromatic carbocycles. The van der Waals surface area contributed by atoms with Gasteiger partial charge in [-0.3, -0.25) is 9.59 Å². The van der Waals surface area contributed by atoms with Crippen molar-refractivity contribution >= 4 is 28.8 Å². The lowest BCUT2D eigenvalue weighted by molar-refractivity contribution is -0.120. The van der Waals surface area contributed by atoms with Crippen molar-refractivity contribution in [3.63, 3.8) is 0 Å². The van der Waals surface area contributed by atoms with E-state index >= 15 is 0 Å². The van der Waals surface area contributed by atoms with E-state index in [-0.39, 0.29) is 17.0 Å². The molecule has 0 aromatic heterocycles. The molecule has 0 fully saturated rings. The van der Waals surface area contributed by atoms with Crippen LogP contribution in [0.2, 0.25) is 0 Å². The van der Waals surface area contributed by atoms with Gasteiger partial charge in [-0.25, -0.2) is 9.29 Å². The van der Waals surface area contributed by atoms with Crippen LogP contribution in [0.3, 0.4) is 0 Å². The number of anilines is 2. The van der Waals surface area contributed by atoms with Gasteiger partial charge in [0.15, 0.2) is 0 Å². The van der Waals surface area contributed by atoms with E-state index in [1.165, 1.54) is 23.8 Å². The van der Waals surface area contributed by atoms with Gasteiger partial charge in [-0.1, -0.05) is 55.8 Å². The minimum atomic E-state index is -0.512. The number of nitrogens with zero attached hydrogens (tertiary/aromatic N) is 1. The van der Waals surface area contributed by atoms with Gasteiger partial charge in [0.25, 0.3) is 11.8 Å². The third-order valence-electron chi connectivity index (χ3n) is 5.65. The van der Waals surface area contributed by atoms with E-state index in [0.29, 0.717) is 17.2 Å². The zero-order valence-corrected chi connectivity index (χ0v) is 18.6. The zero-order chi connectivity index (χ0) is 23.0. The third-order valence-corrected chi connectivity index (χ3v) is 5.65. The van der Waals surface area contributed by atoms with E-state index in [0.717, 1.165) is 16.0 Å². The molecule has 1 N–H and O–H groups in total. The molecule has 0 spiro atoms. The maximum absolute atomic E-state index is 13.9. The maximum Gasteiger partial charge on any atom is 0.282 e. The standard InChI is InChI=1S/C27H25FN2O2/c1-16(2)19-9-11-21(12-10-19)29-25-24(23-13-8-17(3)14-18(23)4)26(31)30(27(25)32)22-7-5-6-20(28)15-22/h5-16,29H,1-4H3. The lowest BCUT2D eigenvalue weighted by Crippen LogP contribution is -2.32. The molecule has 4 nitrogen and oxygen atoms in total. The highest BCUT2D eigenvalue weighted by molar-refractivity contribution is 6.46. The molecule has 5 heteroatoms. The van der Waals surface area contributed by atoms with E-state index in [9.17, 15) is 14.0 Å². The predicted octanol–water partition coefficient (Wildman–Crippen LogP) is 5.96. The first kappa shape index (κ1) is 21.5. The van der Waals surface area contributed by atoms with Crippen LogP contribution >= 0.6 is 0 Å². The molecule has 2 amide bonds. The van der Waals surface area contributed by atoms with Crippen molar-refractivity contribution in [1.82, 2.24) is 0 Å². The largest absolute Gasteiger partial charge is 0.350 e. The van der Waals surface area contributed by atoms with Gasteiger partial charge in [0.1, 0.15) is 11.5 Å². The maximum atomic E-state index is 13.9. The molecule has 0 atom stereocenters. The first-order valence-electron chi connectivity index (χ1n) is 10.6. The first-order chi connectivity index (χ1) is 15.3. The number of imide groups is 1. The van der Waals surface area contributed by atoms with Crippen molar-refractivity contribution < 1.29 is 14.0 Å². The summed E-state index contributed by atoms with van der Waals surface area (Å²) in [7, 11) is 0. The monoisotopic (exact) mass is 428 g/mol. The number of hydrogen-bond acceptors (Lipinski definition) is 3. The first-order valence-corrected chi connectivity index (χ1v) is 10.6. The van der Waals surface area contributed by atoms with Crippen LogP contribution in [0, 0.1) is 19.7 Å². The summed E-state index contributed by atoms with van der Waals surface area (Å²) < 4.78 is 13.9. The minimum Gasteiger partial charge on any atom is -0.350 e. The van der Waals surface area contributed by atoms with Crippen LogP contribution in [0.4, 0.5) is 15.8 Å². The Bertz CT molecular complexity index is 1240. The number of aryl methyl sites for hydroxylation is 2. The SMILES string of the molecule is Cc1ccc(C2=C(Nc3ccc(C(C)C)cc3)C(=O)N(c3cccc(F)c3)C2=O)c(C)c1. The quantitative estimate of drug-likeness (QED) is 0.510. The zero-order valence-electron chi connectivity index (χ0n) is 18.6. The molecular formula is C27H25FN2O2. The second kappa shape index (κ2) is 8.42. The average molecular weight is 429 g/mol. The number of carbonyl (C=O) groups is 2. The van der Waals surface area contributed by atoms with Gasteiger partial charge in [0, 0.05) is 5.69 Å². The minimum absolute atomic E-state index is 0.184. The number of benzene rings is 3. The molecule has 1 aliphatic heterocycles. The molecule has 0 unspecified atom stereocenters. The van der Waals surface area contributed by atoms with Crippen molar-refractivity contribution in [2.75, 3.05) is 10.2 Å². The molecule has 0 saturated heterocycles. The van der Waals surface area contributed by atoms with Gasteiger partial charge in [0.05, 0.1) is 11.3 Å². The van der Waals surface area contributed by atoms with Gasteiger partial charge in [-0.15, -0.1) is 0 Å². The van der Waals surface area contributed by atoms with E-state index in [2.05, 4.69) is 19.2 Å². The molecule has 162 valence electrons. The highest BCUT2D eigenvalue weighted by atomic mass is 19.1. The predicted molar refractivity (Wildman–Crippen MR) is 126 cm³/mol. The molecule has 1 heterocycles. The highest BCUT2D eigenvalue weighted by Crippen LogP contribution is 2.35. The van der Waals surface area contributed by atoms with Crippen LogP contribution < -0.4 is 10.2 Å². The van der Waals surface area contributed by atoms with Crippen LogP contribution in [-0.2, 0) is 9.59 Å². The Morgan fingerprint density at radius 1 is 0.875 bits per heavy atom. The molecule has 1 aliphatic rings. The van der Waals surface area contributed by atoms with Crippen LogP contribution in [0.5, 0.6) is 0 Å². The van der Waals surface area contributed by atoms with E-state index in [4.69, 9.17) is 0 Å². The number of nitrogens with one attached hydrogen (secondary N) is 1. The van der Waals surface area contributed by atoms with E-state index in [1.807, 2.05) is 56.3 Å². The molecule has 3 aromatic rings. The lowest BCUT2D eigenvalue weighted by Gasteiger charge is -2.15. The Balaban J connectivity index is 1.82. The highest BCUT2D eigenvalue weighted by Gasteiger charge is 2.40. The number of amides is 2. The number of halogens is 1. The second-order valence-electron chi connectivity index (χ2n) is 8.40. The van der Waals surface area contributed by atoms with Crippen LogP contribution in [-0.4, -0.2) is 11.8 Å².